The number of anilines is 1. The van der Waals surface area contributed by atoms with Gasteiger partial charge in [-0.2, -0.15) is 0 Å². The number of nitrogens with zero attached hydrogens (tertiary/aromatic N) is 4. The van der Waals surface area contributed by atoms with Gasteiger partial charge < -0.3 is 5.32 Å². The lowest BCUT2D eigenvalue weighted by Crippen LogP contribution is -2.12. The summed E-state index contributed by atoms with van der Waals surface area (Å²) in [4.78, 5) is 12.1. The van der Waals surface area contributed by atoms with Crippen LogP contribution in [0.15, 0.2) is 48.8 Å². The lowest BCUT2D eigenvalue weighted by molar-refractivity contribution is 0.102. The van der Waals surface area contributed by atoms with E-state index >= 15 is 0 Å². The summed E-state index contributed by atoms with van der Waals surface area (Å²) in [5, 5.41) is 13.4. The minimum absolute atomic E-state index is 0.0492. The van der Waals surface area contributed by atoms with Gasteiger partial charge in [-0.15, -0.1) is 5.10 Å². The van der Waals surface area contributed by atoms with Crippen LogP contribution in [-0.2, 0) is 0 Å². The van der Waals surface area contributed by atoms with Crippen LogP contribution in [0.5, 0.6) is 0 Å². The number of halogens is 2. The Labute approximate surface area is 129 Å². The molecule has 0 atom stereocenters. The van der Waals surface area contributed by atoms with Crippen molar-refractivity contribution in [3.8, 4) is 5.69 Å². The van der Waals surface area contributed by atoms with Crippen LogP contribution in [0.4, 0.5) is 10.1 Å². The molecule has 6 nitrogen and oxygen atoms in total. The number of carbonyl (C=O) groups excluding carboxylic acids is 1. The third-order valence-electron chi connectivity index (χ3n) is 2.92. The first-order valence-electron chi connectivity index (χ1n) is 6.23. The van der Waals surface area contributed by atoms with E-state index in [9.17, 15) is 9.18 Å². The van der Waals surface area contributed by atoms with Crippen LogP contribution in [-0.4, -0.2) is 26.1 Å². The van der Waals surface area contributed by atoms with E-state index in [0.29, 0.717) is 11.3 Å². The molecule has 1 N–H and O–H groups in total. The van der Waals surface area contributed by atoms with Gasteiger partial charge in [0.2, 0.25) is 0 Å². The number of amides is 1. The Balaban J connectivity index is 1.76. The van der Waals surface area contributed by atoms with Crippen LogP contribution >= 0.6 is 11.6 Å². The lowest BCUT2D eigenvalue weighted by atomic mass is 10.2. The second-order valence-corrected chi connectivity index (χ2v) is 4.79. The normalized spacial score (nSPS) is 10.5. The summed E-state index contributed by atoms with van der Waals surface area (Å²) < 4.78 is 14.5. The van der Waals surface area contributed by atoms with E-state index < -0.39 is 5.82 Å². The van der Waals surface area contributed by atoms with Crippen LogP contribution in [0.25, 0.3) is 5.69 Å². The van der Waals surface area contributed by atoms with Gasteiger partial charge in [-0.3, -0.25) is 4.79 Å². The Morgan fingerprint density at radius 1 is 1.18 bits per heavy atom. The van der Waals surface area contributed by atoms with Crippen molar-refractivity contribution in [3.63, 3.8) is 0 Å². The Morgan fingerprint density at radius 3 is 2.59 bits per heavy atom. The smallest absolute Gasteiger partial charge is 0.255 e. The molecule has 22 heavy (non-hydrogen) atoms. The molecule has 0 saturated carbocycles. The predicted molar refractivity (Wildman–Crippen MR) is 78.5 cm³/mol. The average molecular weight is 318 g/mol. The molecule has 3 rings (SSSR count). The molecule has 0 unspecified atom stereocenters. The summed E-state index contributed by atoms with van der Waals surface area (Å²) in [6, 6.07) is 10.7. The van der Waals surface area contributed by atoms with Crippen LogP contribution in [0.2, 0.25) is 5.02 Å². The summed E-state index contributed by atoms with van der Waals surface area (Å²) in [6.07, 6.45) is 1.45. The van der Waals surface area contributed by atoms with E-state index in [2.05, 4.69) is 20.8 Å². The van der Waals surface area contributed by atoms with Crippen LogP contribution in [0.1, 0.15) is 10.4 Å². The lowest BCUT2D eigenvalue weighted by Gasteiger charge is -2.07. The van der Waals surface area contributed by atoms with Crippen molar-refractivity contribution in [2.24, 2.45) is 0 Å². The summed E-state index contributed by atoms with van der Waals surface area (Å²) in [6.45, 7) is 0. The average Bonchev–Trinajstić information content (AvgIpc) is 3.05. The maximum atomic E-state index is 13.1. The fourth-order valence-electron chi connectivity index (χ4n) is 1.82. The van der Waals surface area contributed by atoms with Crippen molar-refractivity contribution in [1.29, 1.82) is 0 Å². The first kappa shape index (κ1) is 14.2. The molecule has 1 heterocycles. The third-order valence-corrected chi connectivity index (χ3v) is 3.21. The Kier molecular flexibility index (Phi) is 3.80. The Bertz CT molecular complexity index is 805. The molecule has 0 aliphatic rings. The first-order chi connectivity index (χ1) is 10.6. The minimum atomic E-state index is -0.537. The van der Waals surface area contributed by atoms with E-state index in [4.69, 9.17) is 11.6 Å². The first-order valence-corrected chi connectivity index (χ1v) is 6.61. The van der Waals surface area contributed by atoms with Gasteiger partial charge in [0.1, 0.15) is 12.1 Å². The quantitative estimate of drug-likeness (QED) is 0.806. The van der Waals surface area contributed by atoms with Gasteiger partial charge in [0.15, 0.2) is 0 Å². The number of aromatic nitrogens is 4. The van der Waals surface area contributed by atoms with E-state index in [1.807, 2.05) is 0 Å². The van der Waals surface area contributed by atoms with Crippen molar-refractivity contribution in [2.75, 3.05) is 5.32 Å². The summed E-state index contributed by atoms with van der Waals surface area (Å²) in [7, 11) is 0. The molecule has 0 bridgehead atoms. The SMILES string of the molecule is O=C(Nc1ccc(F)c(Cl)c1)c1ccc(-n2cnnn2)cc1. The molecule has 0 saturated heterocycles. The highest BCUT2D eigenvalue weighted by molar-refractivity contribution is 6.31. The molecular formula is C14H9ClFN5O. The highest BCUT2D eigenvalue weighted by Gasteiger charge is 2.08. The molecule has 3 aromatic rings. The standard InChI is InChI=1S/C14H9ClFN5O/c15-12-7-10(3-6-13(12)16)18-14(22)9-1-4-11(5-2-9)21-8-17-19-20-21/h1-8H,(H,18,22). The predicted octanol–water partition coefficient (Wildman–Crippen LogP) is 2.71. The maximum Gasteiger partial charge on any atom is 0.255 e. The largest absolute Gasteiger partial charge is 0.322 e. The number of carbonyl (C=O) groups is 1. The fourth-order valence-corrected chi connectivity index (χ4v) is 2.00. The molecule has 0 radical (unpaired) electrons. The maximum absolute atomic E-state index is 13.1. The van der Waals surface area contributed by atoms with E-state index in [1.165, 1.54) is 29.2 Å². The van der Waals surface area contributed by atoms with Gasteiger partial charge in [0.05, 0.1) is 10.7 Å². The Hall–Kier alpha value is -2.80. The van der Waals surface area contributed by atoms with E-state index in [-0.39, 0.29) is 10.9 Å². The van der Waals surface area contributed by atoms with Crippen LogP contribution < -0.4 is 5.32 Å². The monoisotopic (exact) mass is 317 g/mol. The molecule has 0 fully saturated rings. The van der Waals surface area contributed by atoms with Gasteiger partial charge >= 0.3 is 0 Å². The third kappa shape index (κ3) is 2.94. The topological polar surface area (TPSA) is 72.7 Å². The molecule has 8 heteroatoms. The van der Waals surface area contributed by atoms with Gasteiger partial charge in [-0.05, 0) is 52.9 Å². The highest BCUT2D eigenvalue weighted by Crippen LogP contribution is 2.20. The van der Waals surface area contributed by atoms with Gasteiger partial charge in [-0.25, -0.2) is 9.07 Å². The summed E-state index contributed by atoms with van der Waals surface area (Å²) >= 11 is 5.67. The summed E-state index contributed by atoms with van der Waals surface area (Å²) in [5.74, 6) is -0.864. The Morgan fingerprint density at radius 2 is 1.95 bits per heavy atom. The second kappa shape index (κ2) is 5.90. The number of tetrazole rings is 1. The zero-order valence-electron chi connectivity index (χ0n) is 11.1. The van der Waals surface area contributed by atoms with Crippen LogP contribution in [0, 0.1) is 5.82 Å². The number of nitrogens with one attached hydrogen (secondary N) is 1. The second-order valence-electron chi connectivity index (χ2n) is 4.38. The number of hydrogen-bond acceptors (Lipinski definition) is 4. The van der Waals surface area contributed by atoms with Crippen molar-refractivity contribution >= 4 is 23.2 Å². The molecule has 110 valence electrons. The van der Waals surface area contributed by atoms with Gasteiger partial charge in [-0.1, -0.05) is 11.6 Å². The van der Waals surface area contributed by atoms with Crippen molar-refractivity contribution in [2.45, 2.75) is 0 Å². The molecule has 0 aliphatic carbocycles. The van der Waals surface area contributed by atoms with E-state index in [0.717, 1.165) is 5.69 Å². The number of rotatable bonds is 3. The molecule has 1 aromatic heterocycles. The molecule has 1 amide bonds. The van der Waals surface area contributed by atoms with E-state index in [1.54, 1.807) is 24.3 Å². The zero-order valence-corrected chi connectivity index (χ0v) is 11.8. The van der Waals surface area contributed by atoms with Gasteiger partial charge in [0, 0.05) is 11.3 Å². The van der Waals surface area contributed by atoms with Crippen LogP contribution in [0.3, 0.4) is 0 Å². The molecule has 2 aromatic carbocycles. The van der Waals surface area contributed by atoms with Gasteiger partial charge in [0.25, 0.3) is 5.91 Å². The minimum Gasteiger partial charge on any atom is -0.322 e. The molecule has 0 aliphatic heterocycles. The van der Waals surface area contributed by atoms with Crippen molar-refractivity contribution < 1.29 is 9.18 Å². The molecular weight excluding hydrogens is 309 g/mol. The fraction of sp³-hybridized carbons (Fsp3) is 0. The summed E-state index contributed by atoms with van der Waals surface area (Å²) in [5.41, 5.74) is 1.59. The highest BCUT2D eigenvalue weighted by atomic mass is 35.5. The van der Waals surface area contributed by atoms with Crippen molar-refractivity contribution in [1.82, 2.24) is 20.2 Å². The van der Waals surface area contributed by atoms with Crippen molar-refractivity contribution in [3.05, 3.63) is 65.2 Å². The number of benzene rings is 2. The zero-order chi connectivity index (χ0) is 15.5. The number of hydrogen-bond donors (Lipinski definition) is 1. The molecule has 0 spiro atoms.